The van der Waals surface area contributed by atoms with Crippen molar-refractivity contribution in [3.8, 4) is 0 Å². The molecular formula is C24H20N2. The molecule has 0 amide bonds. The van der Waals surface area contributed by atoms with Gasteiger partial charge in [0.05, 0.1) is 0 Å². The Morgan fingerprint density at radius 3 is 2.23 bits per heavy atom. The fraction of sp³-hybridized carbons (Fsp3) is 0.0833. The Kier molecular flexibility index (Phi) is 3.42. The van der Waals surface area contributed by atoms with Crippen molar-refractivity contribution in [1.82, 2.24) is 9.97 Å². The number of rotatable bonds is 3. The molecular weight excluding hydrogens is 316 g/mol. The fourth-order valence-electron chi connectivity index (χ4n) is 4.07. The lowest BCUT2D eigenvalue weighted by Gasteiger charge is -2.17. The lowest BCUT2D eigenvalue weighted by molar-refractivity contribution is 0.998. The number of aromatic nitrogens is 2. The molecule has 0 fully saturated rings. The first-order chi connectivity index (χ1) is 12.8. The number of fused-ring (bicyclic) bond motifs is 2. The Hall–Kier alpha value is -3.26. The molecule has 0 aliphatic rings. The van der Waals surface area contributed by atoms with Gasteiger partial charge in [-0.25, -0.2) is 0 Å². The van der Waals surface area contributed by atoms with E-state index in [0.29, 0.717) is 0 Å². The summed E-state index contributed by atoms with van der Waals surface area (Å²) >= 11 is 0. The Morgan fingerprint density at radius 1 is 0.654 bits per heavy atom. The van der Waals surface area contributed by atoms with Crippen LogP contribution in [0.2, 0.25) is 0 Å². The molecule has 0 saturated carbocycles. The molecule has 0 saturated heterocycles. The van der Waals surface area contributed by atoms with Gasteiger partial charge >= 0.3 is 0 Å². The van der Waals surface area contributed by atoms with Gasteiger partial charge in [0.25, 0.3) is 0 Å². The number of hydrogen-bond acceptors (Lipinski definition) is 0. The molecule has 3 aromatic carbocycles. The first-order valence-electron chi connectivity index (χ1n) is 9.00. The van der Waals surface area contributed by atoms with Gasteiger partial charge in [0, 0.05) is 40.1 Å². The third kappa shape index (κ3) is 2.26. The topological polar surface area (TPSA) is 31.6 Å². The maximum atomic E-state index is 3.51. The van der Waals surface area contributed by atoms with Gasteiger partial charge in [0.1, 0.15) is 0 Å². The Labute approximate surface area is 152 Å². The SMILES string of the molecule is Cc1cccc2c(C(c3ccccc3)c3c[nH]c4ccccc34)c[nH]c12. The van der Waals surface area contributed by atoms with Crippen molar-refractivity contribution in [3.05, 3.63) is 107 Å². The van der Waals surface area contributed by atoms with E-state index < -0.39 is 0 Å². The smallest absolute Gasteiger partial charge is 0.0486 e. The summed E-state index contributed by atoms with van der Waals surface area (Å²) in [5.74, 6) is 0.183. The molecule has 2 nitrogen and oxygen atoms in total. The van der Waals surface area contributed by atoms with E-state index in [1.807, 2.05) is 0 Å². The fourth-order valence-corrected chi connectivity index (χ4v) is 4.07. The van der Waals surface area contributed by atoms with Gasteiger partial charge in [-0.3, -0.25) is 0 Å². The van der Waals surface area contributed by atoms with Crippen molar-refractivity contribution in [1.29, 1.82) is 0 Å². The van der Waals surface area contributed by atoms with Gasteiger partial charge in [-0.15, -0.1) is 0 Å². The molecule has 2 N–H and O–H groups in total. The van der Waals surface area contributed by atoms with E-state index >= 15 is 0 Å². The van der Waals surface area contributed by atoms with Crippen LogP contribution >= 0.6 is 0 Å². The number of H-pyrrole nitrogens is 2. The maximum absolute atomic E-state index is 3.51. The molecule has 0 radical (unpaired) electrons. The summed E-state index contributed by atoms with van der Waals surface area (Å²) in [4.78, 5) is 6.96. The number of hydrogen-bond donors (Lipinski definition) is 2. The molecule has 2 heteroatoms. The molecule has 0 spiro atoms. The van der Waals surface area contributed by atoms with Crippen molar-refractivity contribution in [2.45, 2.75) is 12.8 Å². The van der Waals surface area contributed by atoms with E-state index in [4.69, 9.17) is 0 Å². The Balaban J connectivity index is 1.81. The molecule has 5 rings (SSSR count). The quantitative estimate of drug-likeness (QED) is 0.397. The molecule has 126 valence electrons. The number of para-hydroxylation sites is 2. The van der Waals surface area contributed by atoms with Crippen LogP contribution in [0.1, 0.15) is 28.2 Å². The lowest BCUT2D eigenvalue weighted by Crippen LogP contribution is -2.02. The van der Waals surface area contributed by atoms with Gasteiger partial charge in [-0.2, -0.15) is 0 Å². The van der Waals surface area contributed by atoms with Crippen molar-refractivity contribution < 1.29 is 0 Å². The van der Waals surface area contributed by atoms with E-state index in [1.165, 1.54) is 44.1 Å². The highest BCUT2D eigenvalue weighted by Crippen LogP contribution is 2.39. The first kappa shape index (κ1) is 15.0. The molecule has 1 unspecified atom stereocenters. The monoisotopic (exact) mass is 336 g/mol. The normalized spacial score (nSPS) is 12.7. The second-order valence-corrected chi connectivity index (χ2v) is 6.87. The zero-order valence-electron chi connectivity index (χ0n) is 14.7. The zero-order valence-corrected chi connectivity index (χ0v) is 14.7. The third-order valence-electron chi connectivity index (χ3n) is 5.33. The minimum atomic E-state index is 0.183. The average molecular weight is 336 g/mol. The van der Waals surface area contributed by atoms with Gasteiger partial charge in [-0.05, 0) is 35.2 Å². The minimum absolute atomic E-state index is 0.183. The summed E-state index contributed by atoms with van der Waals surface area (Å²) in [6, 6.07) is 25.8. The second-order valence-electron chi connectivity index (χ2n) is 6.87. The summed E-state index contributed by atoms with van der Waals surface area (Å²) in [5, 5.41) is 2.58. The predicted molar refractivity (Wildman–Crippen MR) is 109 cm³/mol. The van der Waals surface area contributed by atoms with Crippen LogP contribution in [-0.4, -0.2) is 9.97 Å². The lowest BCUT2D eigenvalue weighted by atomic mass is 9.84. The van der Waals surface area contributed by atoms with Crippen LogP contribution in [0.15, 0.2) is 85.2 Å². The molecule has 0 aliphatic heterocycles. The molecule has 0 bridgehead atoms. The zero-order chi connectivity index (χ0) is 17.5. The minimum Gasteiger partial charge on any atom is -0.361 e. The summed E-state index contributed by atoms with van der Waals surface area (Å²) in [6.45, 7) is 2.16. The largest absolute Gasteiger partial charge is 0.361 e. The van der Waals surface area contributed by atoms with Crippen LogP contribution < -0.4 is 0 Å². The molecule has 2 heterocycles. The molecule has 5 aromatic rings. The summed E-state index contributed by atoms with van der Waals surface area (Å²) in [5.41, 5.74) is 7.62. The van der Waals surface area contributed by atoms with E-state index in [9.17, 15) is 0 Å². The van der Waals surface area contributed by atoms with E-state index in [1.54, 1.807) is 0 Å². The summed E-state index contributed by atoms with van der Waals surface area (Å²) < 4.78 is 0. The van der Waals surface area contributed by atoms with Crippen LogP contribution in [0.5, 0.6) is 0 Å². The number of aromatic amines is 2. The van der Waals surface area contributed by atoms with E-state index in [0.717, 1.165) is 0 Å². The Morgan fingerprint density at radius 2 is 1.35 bits per heavy atom. The first-order valence-corrected chi connectivity index (χ1v) is 9.00. The van der Waals surface area contributed by atoms with Gasteiger partial charge in [-0.1, -0.05) is 66.7 Å². The number of nitrogens with one attached hydrogen (secondary N) is 2. The van der Waals surface area contributed by atoms with Crippen molar-refractivity contribution >= 4 is 21.8 Å². The molecule has 0 aliphatic carbocycles. The third-order valence-corrected chi connectivity index (χ3v) is 5.33. The maximum Gasteiger partial charge on any atom is 0.0486 e. The van der Waals surface area contributed by atoms with Gasteiger partial charge in [0.2, 0.25) is 0 Å². The van der Waals surface area contributed by atoms with Gasteiger partial charge in [0.15, 0.2) is 0 Å². The molecule has 26 heavy (non-hydrogen) atoms. The van der Waals surface area contributed by atoms with Crippen LogP contribution in [-0.2, 0) is 0 Å². The van der Waals surface area contributed by atoms with Crippen LogP contribution in [0.3, 0.4) is 0 Å². The van der Waals surface area contributed by atoms with Crippen LogP contribution in [0.25, 0.3) is 21.8 Å². The predicted octanol–water partition coefficient (Wildman–Crippen LogP) is 6.14. The highest BCUT2D eigenvalue weighted by atomic mass is 14.7. The molecule has 2 aromatic heterocycles. The Bertz CT molecular complexity index is 1190. The summed E-state index contributed by atoms with van der Waals surface area (Å²) in [7, 11) is 0. The average Bonchev–Trinajstić information content (AvgIpc) is 3.30. The van der Waals surface area contributed by atoms with Crippen molar-refractivity contribution in [3.63, 3.8) is 0 Å². The van der Waals surface area contributed by atoms with Gasteiger partial charge < -0.3 is 9.97 Å². The van der Waals surface area contributed by atoms with Crippen molar-refractivity contribution in [2.24, 2.45) is 0 Å². The molecule has 1 atom stereocenters. The second kappa shape index (κ2) is 5.92. The van der Waals surface area contributed by atoms with E-state index in [-0.39, 0.29) is 5.92 Å². The summed E-state index contributed by atoms with van der Waals surface area (Å²) in [6.07, 6.45) is 4.34. The van der Waals surface area contributed by atoms with E-state index in [2.05, 4.69) is 102 Å². The highest BCUT2D eigenvalue weighted by molar-refractivity contribution is 5.90. The standard InChI is InChI=1S/C24H20N2/c1-16-8-7-12-19-21(15-26-24(16)19)23(17-9-3-2-4-10-17)20-14-25-22-13-6-5-11-18(20)22/h2-15,23,25-26H,1H3. The van der Waals surface area contributed by atoms with Crippen molar-refractivity contribution in [2.75, 3.05) is 0 Å². The highest BCUT2D eigenvalue weighted by Gasteiger charge is 2.23. The number of aryl methyl sites for hydroxylation is 1. The van der Waals surface area contributed by atoms with Crippen LogP contribution in [0.4, 0.5) is 0 Å². The number of benzene rings is 3. The van der Waals surface area contributed by atoms with Crippen LogP contribution in [0, 0.1) is 6.92 Å².